The highest BCUT2D eigenvalue weighted by Crippen LogP contribution is 2.13. The van der Waals surface area contributed by atoms with Crippen molar-refractivity contribution in [2.45, 2.75) is 13.1 Å². The van der Waals surface area contributed by atoms with Gasteiger partial charge in [0.1, 0.15) is 12.4 Å². The van der Waals surface area contributed by atoms with E-state index in [4.69, 9.17) is 11.6 Å². The molecule has 1 amide bonds. The van der Waals surface area contributed by atoms with Crippen LogP contribution in [0.5, 0.6) is 0 Å². The van der Waals surface area contributed by atoms with Crippen LogP contribution in [-0.2, 0) is 17.9 Å². The molecule has 116 valence electrons. The summed E-state index contributed by atoms with van der Waals surface area (Å²) in [6, 6.07) is 13.8. The summed E-state index contributed by atoms with van der Waals surface area (Å²) in [4.78, 5) is 13.0. The van der Waals surface area contributed by atoms with Crippen LogP contribution in [-0.4, -0.2) is 19.5 Å². The van der Waals surface area contributed by atoms with Gasteiger partial charge in [-0.15, -0.1) is 0 Å². The predicted molar refractivity (Wildman–Crippen MR) is 85.2 cm³/mol. The molecule has 5 heteroatoms. The highest BCUT2D eigenvalue weighted by Gasteiger charge is 2.11. The minimum absolute atomic E-state index is 0.0421. The first kappa shape index (κ1) is 16.5. The largest absolute Gasteiger partial charge is 0.347 e. The Bertz CT molecular complexity index is 631. The third-order valence-electron chi connectivity index (χ3n) is 3.32. The summed E-state index contributed by atoms with van der Waals surface area (Å²) in [6.07, 6.45) is 0. The lowest BCUT2D eigenvalue weighted by molar-refractivity contribution is -0.885. The average molecular weight is 322 g/mol. The van der Waals surface area contributed by atoms with E-state index in [0.717, 1.165) is 16.0 Å². The second-order valence-corrected chi connectivity index (χ2v) is 5.71. The van der Waals surface area contributed by atoms with Crippen LogP contribution < -0.4 is 10.2 Å². The Morgan fingerprint density at radius 2 is 1.86 bits per heavy atom. The van der Waals surface area contributed by atoms with E-state index in [9.17, 15) is 9.18 Å². The smallest absolute Gasteiger partial charge is 0.275 e. The van der Waals surface area contributed by atoms with Gasteiger partial charge in [-0.05, 0) is 23.8 Å². The maximum Gasteiger partial charge on any atom is 0.275 e. The van der Waals surface area contributed by atoms with Gasteiger partial charge in [0.05, 0.1) is 7.05 Å². The summed E-state index contributed by atoms with van der Waals surface area (Å²) in [6.45, 7) is 1.43. The fourth-order valence-electron chi connectivity index (χ4n) is 2.19. The third kappa shape index (κ3) is 5.13. The zero-order valence-electron chi connectivity index (χ0n) is 12.4. The van der Waals surface area contributed by atoms with Gasteiger partial charge in [0, 0.05) is 17.1 Å². The van der Waals surface area contributed by atoms with Crippen molar-refractivity contribution in [2.24, 2.45) is 0 Å². The summed E-state index contributed by atoms with van der Waals surface area (Å²) >= 11 is 6.05. The number of hydrogen-bond acceptors (Lipinski definition) is 1. The number of carbonyl (C=O) groups is 1. The molecular weight excluding hydrogens is 303 g/mol. The zero-order chi connectivity index (χ0) is 15.9. The predicted octanol–water partition coefficient (Wildman–Crippen LogP) is 1.81. The summed E-state index contributed by atoms with van der Waals surface area (Å²) < 4.78 is 12.8. The molecule has 0 heterocycles. The number of likely N-dealkylation sites (N-methyl/N-ethyl adjacent to an activating group) is 1. The second-order valence-electron chi connectivity index (χ2n) is 5.31. The van der Waals surface area contributed by atoms with Crippen molar-refractivity contribution in [3.8, 4) is 0 Å². The standard InChI is InChI=1S/C17H18ClFN2O/c1-21(11-13-6-8-15(19)9-7-13)12-17(22)20-10-14-4-2-3-5-16(14)18/h2-9H,10-12H2,1H3,(H,20,22)/p+1. The number of rotatable bonds is 6. The van der Waals surface area contributed by atoms with Crippen LogP contribution in [0.15, 0.2) is 48.5 Å². The van der Waals surface area contributed by atoms with E-state index in [1.54, 1.807) is 18.2 Å². The van der Waals surface area contributed by atoms with E-state index in [-0.39, 0.29) is 11.7 Å². The Labute approximate surface area is 134 Å². The molecule has 2 aromatic rings. The minimum atomic E-state index is -0.251. The highest BCUT2D eigenvalue weighted by atomic mass is 35.5. The zero-order valence-corrected chi connectivity index (χ0v) is 13.2. The molecule has 0 aliphatic rings. The molecule has 3 nitrogen and oxygen atoms in total. The van der Waals surface area contributed by atoms with Gasteiger partial charge < -0.3 is 10.2 Å². The average Bonchev–Trinajstić information content (AvgIpc) is 2.49. The first-order valence-corrected chi connectivity index (χ1v) is 7.48. The molecule has 0 saturated carbocycles. The topological polar surface area (TPSA) is 33.5 Å². The fraction of sp³-hybridized carbons (Fsp3) is 0.235. The summed E-state index contributed by atoms with van der Waals surface area (Å²) in [5.41, 5.74) is 1.89. The SMILES string of the molecule is C[NH+](CC(=O)NCc1ccccc1Cl)Cc1ccc(F)cc1. The fourth-order valence-corrected chi connectivity index (χ4v) is 2.39. The van der Waals surface area contributed by atoms with Crippen LogP contribution in [0.2, 0.25) is 5.02 Å². The van der Waals surface area contributed by atoms with E-state index in [2.05, 4.69) is 5.32 Å². The number of carbonyl (C=O) groups excluding carboxylic acids is 1. The molecule has 0 aromatic heterocycles. The molecule has 1 atom stereocenters. The Hall–Kier alpha value is -1.91. The van der Waals surface area contributed by atoms with Crippen molar-refractivity contribution < 1.29 is 14.1 Å². The van der Waals surface area contributed by atoms with Crippen LogP contribution in [0.1, 0.15) is 11.1 Å². The number of quaternary nitrogens is 1. The van der Waals surface area contributed by atoms with Gasteiger partial charge in [0.15, 0.2) is 6.54 Å². The first-order valence-electron chi connectivity index (χ1n) is 7.10. The van der Waals surface area contributed by atoms with Crippen LogP contribution in [0.25, 0.3) is 0 Å². The maximum absolute atomic E-state index is 12.8. The summed E-state index contributed by atoms with van der Waals surface area (Å²) in [5, 5.41) is 3.51. The summed E-state index contributed by atoms with van der Waals surface area (Å²) in [5.74, 6) is -0.293. The molecule has 0 aliphatic carbocycles. The van der Waals surface area contributed by atoms with Crippen LogP contribution in [0.3, 0.4) is 0 Å². The van der Waals surface area contributed by atoms with E-state index in [1.807, 2.05) is 25.2 Å². The number of hydrogen-bond donors (Lipinski definition) is 2. The Morgan fingerprint density at radius 3 is 2.55 bits per heavy atom. The van der Waals surface area contributed by atoms with Gasteiger partial charge in [0.2, 0.25) is 0 Å². The Balaban J connectivity index is 1.79. The second kappa shape index (κ2) is 7.92. The van der Waals surface area contributed by atoms with E-state index < -0.39 is 0 Å². The van der Waals surface area contributed by atoms with Crippen LogP contribution in [0.4, 0.5) is 4.39 Å². The third-order valence-corrected chi connectivity index (χ3v) is 3.68. The number of nitrogens with one attached hydrogen (secondary N) is 2. The monoisotopic (exact) mass is 321 g/mol. The molecule has 2 rings (SSSR count). The van der Waals surface area contributed by atoms with Gasteiger partial charge in [-0.1, -0.05) is 41.9 Å². The minimum Gasteiger partial charge on any atom is -0.347 e. The lowest BCUT2D eigenvalue weighted by Crippen LogP contribution is -3.08. The van der Waals surface area contributed by atoms with Gasteiger partial charge >= 0.3 is 0 Å². The lowest BCUT2D eigenvalue weighted by Gasteiger charge is -2.14. The molecule has 0 saturated heterocycles. The summed E-state index contributed by atoms with van der Waals surface area (Å²) in [7, 11) is 1.93. The van der Waals surface area contributed by atoms with E-state index >= 15 is 0 Å². The van der Waals surface area contributed by atoms with Crippen molar-refractivity contribution in [1.29, 1.82) is 0 Å². The van der Waals surface area contributed by atoms with E-state index in [1.165, 1.54) is 12.1 Å². The van der Waals surface area contributed by atoms with Gasteiger partial charge in [-0.2, -0.15) is 0 Å². The molecule has 22 heavy (non-hydrogen) atoms. The van der Waals surface area contributed by atoms with Crippen molar-refractivity contribution in [2.75, 3.05) is 13.6 Å². The molecule has 2 N–H and O–H groups in total. The molecule has 2 aromatic carbocycles. The van der Waals surface area contributed by atoms with E-state index in [0.29, 0.717) is 24.7 Å². The number of halogens is 2. The van der Waals surface area contributed by atoms with Crippen molar-refractivity contribution in [3.63, 3.8) is 0 Å². The first-order chi connectivity index (χ1) is 10.5. The Morgan fingerprint density at radius 1 is 1.18 bits per heavy atom. The molecule has 0 fully saturated rings. The molecule has 0 bridgehead atoms. The highest BCUT2D eigenvalue weighted by molar-refractivity contribution is 6.31. The van der Waals surface area contributed by atoms with Gasteiger partial charge in [-0.25, -0.2) is 4.39 Å². The van der Waals surface area contributed by atoms with Gasteiger partial charge in [0.25, 0.3) is 5.91 Å². The number of amides is 1. The Kier molecular flexibility index (Phi) is 5.92. The molecule has 0 spiro atoms. The molecule has 0 aliphatic heterocycles. The van der Waals surface area contributed by atoms with Crippen LogP contribution >= 0.6 is 11.6 Å². The molecule has 1 unspecified atom stereocenters. The van der Waals surface area contributed by atoms with Crippen molar-refractivity contribution in [3.05, 3.63) is 70.5 Å². The molecular formula is C17H19ClFN2O+. The van der Waals surface area contributed by atoms with Crippen LogP contribution in [0, 0.1) is 5.82 Å². The normalized spacial score (nSPS) is 12.0. The maximum atomic E-state index is 12.8. The quantitative estimate of drug-likeness (QED) is 0.836. The van der Waals surface area contributed by atoms with Gasteiger partial charge in [-0.3, -0.25) is 4.79 Å². The lowest BCUT2D eigenvalue weighted by atomic mass is 10.2. The molecule has 0 radical (unpaired) electrons. The number of benzene rings is 2. The van der Waals surface area contributed by atoms with Crippen molar-refractivity contribution in [1.82, 2.24) is 5.32 Å². The van der Waals surface area contributed by atoms with Crippen molar-refractivity contribution >= 4 is 17.5 Å².